The van der Waals surface area contributed by atoms with Crippen molar-refractivity contribution in [2.45, 2.75) is 6.54 Å². The molecule has 2 aromatic rings. The maximum absolute atomic E-state index is 11.7. The number of nitrogens with zero attached hydrogens (tertiary/aromatic N) is 1. The molecule has 0 aliphatic rings. The normalized spacial score (nSPS) is 10.3. The number of benzene rings is 1. The molecule has 0 fully saturated rings. The van der Waals surface area contributed by atoms with Gasteiger partial charge in [-0.25, -0.2) is 4.79 Å². The fraction of sp³-hybridized carbons (Fsp3) is 0.0769. The Morgan fingerprint density at radius 1 is 1.22 bits per heavy atom. The number of rotatable bonds is 3. The van der Waals surface area contributed by atoms with Gasteiger partial charge < -0.3 is 9.67 Å². The molecule has 0 unspecified atom stereocenters. The molecule has 1 N–H and O–H groups in total. The van der Waals surface area contributed by atoms with Crippen LogP contribution in [0.5, 0.6) is 0 Å². The molecule has 0 aliphatic carbocycles. The van der Waals surface area contributed by atoms with Crippen LogP contribution in [0.25, 0.3) is 0 Å². The number of aromatic carboxylic acids is 1. The van der Waals surface area contributed by atoms with Crippen LogP contribution in [0.2, 0.25) is 0 Å². The van der Waals surface area contributed by atoms with Crippen molar-refractivity contribution in [2.75, 3.05) is 0 Å². The molecule has 0 spiro atoms. The summed E-state index contributed by atoms with van der Waals surface area (Å²) in [6, 6.07) is 9.74. The summed E-state index contributed by atoms with van der Waals surface area (Å²) in [5.74, 6) is -0.992. The van der Waals surface area contributed by atoms with Crippen molar-refractivity contribution in [1.29, 1.82) is 0 Å². The van der Waals surface area contributed by atoms with Crippen molar-refractivity contribution >= 4 is 21.9 Å². The Hall–Kier alpha value is -1.88. The number of carboxylic acids is 1. The number of carboxylic acid groups (broad SMARTS) is 1. The zero-order valence-electron chi connectivity index (χ0n) is 9.34. The average molecular weight is 308 g/mol. The molecule has 18 heavy (non-hydrogen) atoms. The van der Waals surface area contributed by atoms with Crippen LogP contribution in [0, 0.1) is 0 Å². The maximum atomic E-state index is 11.7. The lowest BCUT2D eigenvalue weighted by atomic mass is 10.1. The van der Waals surface area contributed by atoms with E-state index in [0.29, 0.717) is 5.56 Å². The van der Waals surface area contributed by atoms with Crippen molar-refractivity contribution in [3.8, 4) is 0 Å². The van der Waals surface area contributed by atoms with E-state index in [-0.39, 0.29) is 17.7 Å². The highest BCUT2D eigenvalue weighted by atomic mass is 79.9. The first-order valence-corrected chi connectivity index (χ1v) is 6.04. The Balaban J connectivity index is 2.43. The van der Waals surface area contributed by atoms with Crippen molar-refractivity contribution in [3.63, 3.8) is 0 Å². The Labute approximate surface area is 112 Å². The molecular weight excluding hydrogens is 298 g/mol. The fourth-order valence-electron chi connectivity index (χ4n) is 1.68. The molecule has 0 saturated heterocycles. The Kier molecular flexibility index (Phi) is 3.62. The minimum atomic E-state index is -0.992. The van der Waals surface area contributed by atoms with Gasteiger partial charge in [-0.15, -0.1) is 0 Å². The quantitative estimate of drug-likeness (QED) is 0.947. The number of halogens is 1. The minimum absolute atomic E-state index is 0.168. The van der Waals surface area contributed by atoms with Gasteiger partial charge in [0.25, 0.3) is 5.56 Å². The number of hydrogen-bond acceptors (Lipinski definition) is 2. The lowest BCUT2D eigenvalue weighted by Gasteiger charge is -2.08. The summed E-state index contributed by atoms with van der Waals surface area (Å²) in [4.78, 5) is 22.7. The molecule has 2 rings (SSSR count). The molecule has 0 radical (unpaired) electrons. The first-order valence-electron chi connectivity index (χ1n) is 5.25. The monoisotopic (exact) mass is 307 g/mol. The van der Waals surface area contributed by atoms with Crippen LogP contribution in [-0.2, 0) is 6.54 Å². The zero-order chi connectivity index (χ0) is 13.1. The summed E-state index contributed by atoms with van der Waals surface area (Å²) >= 11 is 3.28. The number of aromatic nitrogens is 1. The standard InChI is InChI=1S/C13H10BrNO3/c14-10-5-6-12(16)15(8-10)7-9-3-1-2-4-11(9)13(17)18/h1-6,8H,7H2,(H,17,18). The van der Waals surface area contributed by atoms with E-state index >= 15 is 0 Å². The smallest absolute Gasteiger partial charge is 0.336 e. The van der Waals surface area contributed by atoms with Crippen LogP contribution in [0.3, 0.4) is 0 Å². The van der Waals surface area contributed by atoms with Crippen molar-refractivity contribution in [2.24, 2.45) is 0 Å². The molecule has 1 aromatic heterocycles. The van der Waals surface area contributed by atoms with E-state index in [0.717, 1.165) is 4.47 Å². The number of carbonyl (C=O) groups is 1. The van der Waals surface area contributed by atoms with E-state index in [2.05, 4.69) is 15.9 Å². The first kappa shape index (κ1) is 12.6. The predicted molar refractivity (Wildman–Crippen MR) is 70.9 cm³/mol. The third kappa shape index (κ3) is 2.68. The van der Waals surface area contributed by atoms with Crippen molar-refractivity contribution in [1.82, 2.24) is 4.57 Å². The highest BCUT2D eigenvalue weighted by Crippen LogP contribution is 2.11. The molecule has 4 nitrogen and oxygen atoms in total. The van der Waals surface area contributed by atoms with Gasteiger partial charge in [0.05, 0.1) is 12.1 Å². The molecule has 5 heteroatoms. The minimum Gasteiger partial charge on any atom is -0.478 e. The predicted octanol–water partition coefficient (Wildman–Crippen LogP) is 2.36. The molecule has 0 amide bonds. The summed E-state index contributed by atoms with van der Waals surface area (Å²) in [5, 5.41) is 9.07. The van der Waals surface area contributed by atoms with Gasteiger partial charge in [0.15, 0.2) is 0 Å². The molecular formula is C13H10BrNO3. The zero-order valence-corrected chi connectivity index (χ0v) is 10.9. The van der Waals surface area contributed by atoms with Crippen molar-refractivity contribution in [3.05, 3.63) is 68.5 Å². The molecule has 0 atom stereocenters. The molecule has 1 heterocycles. The third-order valence-corrected chi connectivity index (χ3v) is 3.00. The maximum Gasteiger partial charge on any atom is 0.336 e. The lowest BCUT2D eigenvalue weighted by molar-refractivity contribution is 0.0695. The van der Waals surface area contributed by atoms with Crippen molar-refractivity contribution < 1.29 is 9.90 Å². The molecule has 1 aromatic carbocycles. The Bertz CT molecular complexity index is 649. The van der Waals surface area contributed by atoms with Gasteiger partial charge in [-0.1, -0.05) is 18.2 Å². The molecule has 0 aliphatic heterocycles. The number of hydrogen-bond donors (Lipinski definition) is 1. The summed E-state index contributed by atoms with van der Waals surface area (Å²) in [6.07, 6.45) is 1.64. The largest absolute Gasteiger partial charge is 0.478 e. The highest BCUT2D eigenvalue weighted by Gasteiger charge is 2.09. The second-order valence-electron chi connectivity index (χ2n) is 3.78. The van der Waals surface area contributed by atoms with Crippen LogP contribution < -0.4 is 5.56 Å². The summed E-state index contributed by atoms with van der Waals surface area (Å²) < 4.78 is 2.24. The lowest BCUT2D eigenvalue weighted by Crippen LogP contribution is -2.20. The van der Waals surface area contributed by atoms with E-state index < -0.39 is 5.97 Å². The summed E-state index contributed by atoms with van der Waals surface area (Å²) in [5.41, 5.74) is 0.646. The van der Waals surface area contributed by atoms with Gasteiger partial charge in [-0.3, -0.25) is 4.79 Å². The van der Waals surface area contributed by atoms with E-state index in [1.54, 1.807) is 30.5 Å². The summed E-state index contributed by atoms with van der Waals surface area (Å²) in [7, 11) is 0. The Morgan fingerprint density at radius 3 is 2.67 bits per heavy atom. The van der Waals surface area contributed by atoms with Crippen LogP contribution in [0.15, 0.2) is 51.9 Å². The van der Waals surface area contributed by atoms with Gasteiger partial charge in [0, 0.05) is 16.7 Å². The van der Waals surface area contributed by atoms with Crippen LogP contribution >= 0.6 is 15.9 Å². The van der Waals surface area contributed by atoms with Gasteiger partial charge in [0.2, 0.25) is 0 Å². The Morgan fingerprint density at radius 2 is 1.94 bits per heavy atom. The summed E-state index contributed by atoms with van der Waals surface area (Å²) in [6.45, 7) is 0.237. The second kappa shape index (κ2) is 5.18. The molecule has 0 bridgehead atoms. The van der Waals surface area contributed by atoms with Gasteiger partial charge in [-0.05, 0) is 33.6 Å². The molecule has 0 saturated carbocycles. The van der Waals surface area contributed by atoms with Crippen LogP contribution in [-0.4, -0.2) is 15.6 Å². The van der Waals surface area contributed by atoms with E-state index in [1.165, 1.54) is 16.7 Å². The number of pyridine rings is 1. The first-order chi connectivity index (χ1) is 8.58. The van der Waals surface area contributed by atoms with Crippen LogP contribution in [0.1, 0.15) is 15.9 Å². The third-order valence-electron chi connectivity index (χ3n) is 2.54. The second-order valence-corrected chi connectivity index (χ2v) is 4.69. The van der Waals surface area contributed by atoms with E-state index in [1.807, 2.05) is 0 Å². The van der Waals surface area contributed by atoms with Gasteiger partial charge in [0.1, 0.15) is 0 Å². The van der Waals surface area contributed by atoms with Gasteiger partial charge >= 0.3 is 5.97 Å². The topological polar surface area (TPSA) is 59.3 Å². The van der Waals surface area contributed by atoms with E-state index in [4.69, 9.17) is 5.11 Å². The molecule has 92 valence electrons. The van der Waals surface area contributed by atoms with Gasteiger partial charge in [-0.2, -0.15) is 0 Å². The average Bonchev–Trinajstić information content (AvgIpc) is 2.34. The SMILES string of the molecule is O=C(O)c1ccccc1Cn1cc(Br)ccc1=O. The van der Waals surface area contributed by atoms with E-state index in [9.17, 15) is 9.59 Å². The highest BCUT2D eigenvalue weighted by molar-refractivity contribution is 9.10. The fourth-order valence-corrected chi connectivity index (χ4v) is 2.06. The van der Waals surface area contributed by atoms with Crippen LogP contribution in [0.4, 0.5) is 0 Å².